The molecular formula is C26H25ClN4O6S. The number of hydrogen-bond acceptors (Lipinski definition) is 8. The van der Waals surface area contributed by atoms with E-state index in [0.29, 0.717) is 34.2 Å². The van der Waals surface area contributed by atoms with E-state index in [-0.39, 0.29) is 17.3 Å². The molecule has 2 heterocycles. The maximum Gasteiger partial charge on any atom is 0.322 e. The first-order chi connectivity index (χ1) is 18.3. The highest BCUT2D eigenvalue weighted by molar-refractivity contribution is 7.14. The standard InChI is InChI=1S/C26H25ClN4O6S/c1-15(31-24(34)17-8-9-28-21(10-17)25(35)29-13-23(32)33)2-6-19-12-30-26(38-19)37-22-7-5-18(11-20(22)27)36-14-16-3-4-16/h2,5-12,15-16H,3-4,13-14H2,1H3,(H,29,35)(H,31,34)(H,32,33)/b6-2+/t15-/m0/s1. The van der Waals surface area contributed by atoms with Crippen LogP contribution < -0.4 is 20.1 Å². The fraction of sp³-hybridized carbons (Fsp3) is 0.269. The monoisotopic (exact) mass is 556 g/mol. The number of carbonyl (C=O) groups is 3. The van der Waals surface area contributed by atoms with E-state index in [1.807, 2.05) is 12.1 Å². The number of carbonyl (C=O) groups excluding carboxylic acids is 2. The molecule has 0 bridgehead atoms. The molecule has 1 saturated carbocycles. The number of amides is 2. The smallest absolute Gasteiger partial charge is 0.322 e. The van der Waals surface area contributed by atoms with Gasteiger partial charge in [0.15, 0.2) is 0 Å². The molecule has 38 heavy (non-hydrogen) atoms. The minimum atomic E-state index is -1.18. The molecular weight excluding hydrogens is 532 g/mol. The Hall–Kier alpha value is -3.96. The summed E-state index contributed by atoms with van der Waals surface area (Å²) in [5, 5.41) is 14.5. The van der Waals surface area contributed by atoms with Crippen LogP contribution in [0.15, 0.2) is 48.8 Å². The molecule has 1 aliphatic carbocycles. The molecule has 4 rings (SSSR count). The molecule has 0 aliphatic heterocycles. The summed E-state index contributed by atoms with van der Waals surface area (Å²) >= 11 is 7.66. The van der Waals surface area contributed by atoms with E-state index in [0.717, 1.165) is 4.88 Å². The lowest BCUT2D eigenvalue weighted by molar-refractivity contribution is -0.135. The Balaban J connectivity index is 1.29. The number of rotatable bonds is 12. The zero-order valence-electron chi connectivity index (χ0n) is 20.3. The van der Waals surface area contributed by atoms with Gasteiger partial charge in [0.1, 0.15) is 23.7 Å². The van der Waals surface area contributed by atoms with Gasteiger partial charge in [0.2, 0.25) is 0 Å². The minimum absolute atomic E-state index is 0.0557. The van der Waals surface area contributed by atoms with Crippen LogP contribution in [-0.2, 0) is 4.79 Å². The van der Waals surface area contributed by atoms with Crippen molar-refractivity contribution >= 4 is 46.8 Å². The second-order valence-electron chi connectivity index (χ2n) is 8.60. The molecule has 1 aromatic carbocycles. The predicted octanol–water partition coefficient (Wildman–Crippen LogP) is 4.42. The Kier molecular flexibility index (Phi) is 8.93. The summed E-state index contributed by atoms with van der Waals surface area (Å²) in [5.74, 6) is -0.445. The maximum absolute atomic E-state index is 12.6. The van der Waals surface area contributed by atoms with Crippen molar-refractivity contribution in [3.05, 3.63) is 70.0 Å². The Morgan fingerprint density at radius 1 is 1.21 bits per heavy atom. The van der Waals surface area contributed by atoms with Crippen LogP contribution in [0.2, 0.25) is 5.02 Å². The van der Waals surface area contributed by atoms with Crippen molar-refractivity contribution in [1.29, 1.82) is 0 Å². The molecule has 1 aliphatic rings. The lowest BCUT2D eigenvalue weighted by Gasteiger charge is -2.10. The van der Waals surface area contributed by atoms with Crippen molar-refractivity contribution in [2.45, 2.75) is 25.8 Å². The first-order valence-electron chi connectivity index (χ1n) is 11.8. The van der Waals surface area contributed by atoms with Crippen molar-refractivity contribution in [3.8, 4) is 16.7 Å². The number of pyridine rings is 1. The SMILES string of the molecule is C[C@@H](/C=C/c1cnc(Oc2ccc(OCC3CC3)cc2Cl)s1)NC(=O)c1ccnc(C(=O)NCC(=O)O)c1. The van der Waals surface area contributed by atoms with Crippen LogP contribution in [-0.4, -0.2) is 52.1 Å². The second-order valence-corrected chi connectivity index (χ2v) is 10.0. The highest BCUT2D eigenvalue weighted by Gasteiger charge is 2.22. The van der Waals surface area contributed by atoms with Crippen molar-refractivity contribution < 1.29 is 29.0 Å². The summed E-state index contributed by atoms with van der Waals surface area (Å²) in [6, 6.07) is 7.71. The van der Waals surface area contributed by atoms with E-state index >= 15 is 0 Å². The molecule has 2 aromatic heterocycles. The van der Waals surface area contributed by atoms with Crippen LogP contribution in [0.25, 0.3) is 6.08 Å². The molecule has 0 unspecified atom stereocenters. The number of nitrogens with zero attached hydrogens (tertiary/aromatic N) is 2. The first-order valence-corrected chi connectivity index (χ1v) is 13.0. The number of ether oxygens (including phenoxy) is 2. The maximum atomic E-state index is 12.6. The summed E-state index contributed by atoms with van der Waals surface area (Å²) in [6.45, 7) is 1.95. The normalized spacial score (nSPS) is 13.6. The number of hydrogen-bond donors (Lipinski definition) is 3. The fourth-order valence-corrected chi connectivity index (χ4v) is 4.06. The van der Waals surface area contributed by atoms with Crippen molar-refractivity contribution in [2.24, 2.45) is 5.92 Å². The van der Waals surface area contributed by atoms with Gasteiger partial charge in [-0.15, -0.1) is 0 Å². The van der Waals surface area contributed by atoms with Gasteiger partial charge in [0.25, 0.3) is 17.0 Å². The average Bonchev–Trinajstić information content (AvgIpc) is 3.63. The molecule has 0 saturated heterocycles. The molecule has 0 spiro atoms. The van der Waals surface area contributed by atoms with Gasteiger partial charge in [-0.2, -0.15) is 0 Å². The zero-order chi connectivity index (χ0) is 27.1. The highest BCUT2D eigenvalue weighted by Crippen LogP contribution is 2.35. The van der Waals surface area contributed by atoms with Crippen molar-refractivity contribution in [1.82, 2.24) is 20.6 Å². The molecule has 1 fully saturated rings. The van der Waals surface area contributed by atoms with Gasteiger partial charge < -0.3 is 25.2 Å². The Labute approximate surface area is 227 Å². The second kappa shape index (κ2) is 12.5. The summed E-state index contributed by atoms with van der Waals surface area (Å²) in [7, 11) is 0. The van der Waals surface area contributed by atoms with Crippen LogP contribution in [0.1, 0.15) is 45.5 Å². The number of halogens is 1. The number of carboxylic acids is 1. The highest BCUT2D eigenvalue weighted by atomic mass is 35.5. The van der Waals surface area contributed by atoms with Gasteiger partial charge >= 0.3 is 5.97 Å². The van der Waals surface area contributed by atoms with Gasteiger partial charge in [-0.3, -0.25) is 19.4 Å². The zero-order valence-corrected chi connectivity index (χ0v) is 21.9. The third kappa shape index (κ3) is 8.02. The minimum Gasteiger partial charge on any atom is -0.493 e. The van der Waals surface area contributed by atoms with Crippen LogP contribution in [0, 0.1) is 5.92 Å². The van der Waals surface area contributed by atoms with E-state index in [4.69, 9.17) is 26.2 Å². The van der Waals surface area contributed by atoms with Crippen molar-refractivity contribution in [3.63, 3.8) is 0 Å². The Morgan fingerprint density at radius 3 is 2.76 bits per heavy atom. The third-order valence-electron chi connectivity index (χ3n) is 5.35. The van der Waals surface area contributed by atoms with E-state index in [1.165, 1.54) is 42.5 Å². The van der Waals surface area contributed by atoms with E-state index < -0.39 is 24.3 Å². The lowest BCUT2D eigenvalue weighted by Crippen LogP contribution is -2.32. The molecule has 10 nitrogen and oxygen atoms in total. The summed E-state index contributed by atoms with van der Waals surface area (Å²) in [6.07, 6.45) is 8.98. The van der Waals surface area contributed by atoms with Crippen LogP contribution in [0.5, 0.6) is 16.7 Å². The average molecular weight is 557 g/mol. The van der Waals surface area contributed by atoms with Gasteiger partial charge in [-0.1, -0.05) is 29.0 Å². The number of carboxylic acid groups (broad SMARTS) is 1. The van der Waals surface area contributed by atoms with Crippen LogP contribution in [0.4, 0.5) is 0 Å². The first kappa shape index (κ1) is 27.1. The molecule has 3 N–H and O–H groups in total. The van der Waals surface area contributed by atoms with Crippen LogP contribution in [0.3, 0.4) is 0 Å². The number of thiazole rings is 1. The largest absolute Gasteiger partial charge is 0.493 e. The number of aliphatic carboxylic acids is 1. The topological polar surface area (TPSA) is 140 Å². The molecule has 2 amide bonds. The quantitative estimate of drug-likeness (QED) is 0.298. The van der Waals surface area contributed by atoms with Gasteiger partial charge in [-0.05, 0) is 56.0 Å². The van der Waals surface area contributed by atoms with Gasteiger partial charge in [0, 0.05) is 30.1 Å². The number of nitrogens with one attached hydrogen (secondary N) is 2. The number of benzene rings is 1. The molecule has 12 heteroatoms. The fourth-order valence-electron chi connectivity index (χ4n) is 3.16. The molecule has 0 radical (unpaired) electrons. The predicted molar refractivity (Wildman–Crippen MR) is 142 cm³/mol. The Bertz CT molecular complexity index is 1360. The van der Waals surface area contributed by atoms with Gasteiger partial charge in [0.05, 0.1) is 16.5 Å². The van der Waals surface area contributed by atoms with Crippen molar-refractivity contribution in [2.75, 3.05) is 13.2 Å². The molecule has 1 atom stereocenters. The van der Waals surface area contributed by atoms with E-state index in [1.54, 1.807) is 31.3 Å². The van der Waals surface area contributed by atoms with Gasteiger partial charge in [-0.25, -0.2) is 4.98 Å². The Morgan fingerprint density at radius 2 is 2.03 bits per heavy atom. The lowest BCUT2D eigenvalue weighted by atomic mass is 10.2. The van der Waals surface area contributed by atoms with E-state index in [9.17, 15) is 14.4 Å². The summed E-state index contributed by atoms with van der Waals surface area (Å²) in [5.41, 5.74) is 0.162. The molecule has 198 valence electrons. The van der Waals surface area contributed by atoms with E-state index in [2.05, 4.69) is 20.6 Å². The third-order valence-corrected chi connectivity index (χ3v) is 6.48. The number of aromatic nitrogens is 2. The summed E-state index contributed by atoms with van der Waals surface area (Å²) in [4.78, 5) is 44.2. The molecule has 3 aromatic rings. The summed E-state index contributed by atoms with van der Waals surface area (Å²) < 4.78 is 11.5. The van der Waals surface area contributed by atoms with Crippen LogP contribution >= 0.6 is 22.9 Å².